The maximum atomic E-state index is 9.44. The maximum absolute atomic E-state index is 9.44. The number of halogens is 1. The monoisotopic (exact) mass is 288 g/mol. The molecule has 2 rings (SSSR count). The van der Waals surface area contributed by atoms with E-state index >= 15 is 0 Å². The van der Waals surface area contributed by atoms with Crippen molar-refractivity contribution in [1.29, 1.82) is 0 Å². The molecule has 2 aromatic rings. The normalized spacial score (nSPS) is 11.0. The first-order valence-electron chi connectivity index (χ1n) is 4.10. The molecule has 0 saturated heterocycles. The van der Waals surface area contributed by atoms with E-state index in [9.17, 15) is 5.11 Å². The van der Waals surface area contributed by atoms with Crippen LogP contribution in [0.2, 0.25) is 0 Å². The van der Waals surface area contributed by atoms with Crippen molar-refractivity contribution in [2.45, 2.75) is 10.2 Å². The number of hydrogen-bond acceptors (Lipinski definition) is 3. The van der Waals surface area contributed by atoms with Crippen LogP contribution in [0.5, 0.6) is 5.06 Å². The molecule has 4 heteroatoms. The SMILES string of the molecule is CSc1cc(CBr)c2sc(O)cc2c1. The molecular formula is C10H9BrOS2. The zero-order chi connectivity index (χ0) is 10.1. The number of rotatable bonds is 2. The van der Waals surface area contributed by atoms with E-state index in [1.807, 2.05) is 6.07 Å². The minimum Gasteiger partial charge on any atom is -0.499 e. The van der Waals surface area contributed by atoms with Crippen LogP contribution in [0.25, 0.3) is 10.1 Å². The second kappa shape index (κ2) is 4.13. The molecule has 0 spiro atoms. The summed E-state index contributed by atoms with van der Waals surface area (Å²) in [5, 5.41) is 11.8. The van der Waals surface area contributed by atoms with Crippen molar-refractivity contribution in [3.8, 4) is 5.06 Å². The van der Waals surface area contributed by atoms with Gasteiger partial charge in [0.15, 0.2) is 5.06 Å². The van der Waals surface area contributed by atoms with Crippen molar-refractivity contribution in [2.75, 3.05) is 6.26 Å². The number of hydrogen-bond donors (Lipinski definition) is 1. The second-order valence-electron chi connectivity index (χ2n) is 2.92. The van der Waals surface area contributed by atoms with Gasteiger partial charge < -0.3 is 5.11 Å². The summed E-state index contributed by atoms with van der Waals surface area (Å²) in [6, 6.07) is 6.10. The summed E-state index contributed by atoms with van der Waals surface area (Å²) in [5.41, 5.74) is 1.25. The molecule has 0 radical (unpaired) electrons. The quantitative estimate of drug-likeness (QED) is 0.659. The molecule has 0 aliphatic heterocycles. The van der Waals surface area contributed by atoms with Crippen molar-refractivity contribution >= 4 is 49.1 Å². The van der Waals surface area contributed by atoms with Crippen molar-refractivity contribution in [3.63, 3.8) is 0 Å². The van der Waals surface area contributed by atoms with Crippen LogP contribution in [0.4, 0.5) is 0 Å². The van der Waals surface area contributed by atoms with Crippen LogP contribution < -0.4 is 0 Å². The fourth-order valence-electron chi connectivity index (χ4n) is 1.40. The van der Waals surface area contributed by atoms with E-state index in [1.54, 1.807) is 11.8 Å². The van der Waals surface area contributed by atoms with Gasteiger partial charge in [0, 0.05) is 14.9 Å². The van der Waals surface area contributed by atoms with Gasteiger partial charge in [0.05, 0.1) is 0 Å². The van der Waals surface area contributed by atoms with E-state index in [0.29, 0.717) is 5.06 Å². The summed E-state index contributed by atoms with van der Waals surface area (Å²) < 4.78 is 1.18. The van der Waals surface area contributed by atoms with E-state index in [-0.39, 0.29) is 0 Å². The Kier molecular flexibility index (Phi) is 3.04. The number of alkyl halides is 1. The van der Waals surface area contributed by atoms with E-state index < -0.39 is 0 Å². The fourth-order valence-corrected chi connectivity index (χ4v) is 3.42. The van der Waals surface area contributed by atoms with Crippen LogP contribution in [0.1, 0.15) is 5.56 Å². The smallest absolute Gasteiger partial charge is 0.172 e. The lowest BCUT2D eigenvalue weighted by molar-refractivity contribution is 0.491. The maximum Gasteiger partial charge on any atom is 0.172 e. The molecule has 74 valence electrons. The third-order valence-electron chi connectivity index (χ3n) is 2.03. The molecule has 14 heavy (non-hydrogen) atoms. The fraction of sp³-hybridized carbons (Fsp3) is 0.200. The third-order valence-corrected chi connectivity index (χ3v) is 4.37. The molecule has 1 N–H and O–H groups in total. The number of aromatic hydroxyl groups is 1. The first-order chi connectivity index (χ1) is 6.74. The second-order valence-corrected chi connectivity index (χ2v) is 5.39. The van der Waals surface area contributed by atoms with E-state index in [1.165, 1.54) is 26.5 Å². The highest BCUT2D eigenvalue weighted by molar-refractivity contribution is 9.08. The first kappa shape index (κ1) is 10.3. The van der Waals surface area contributed by atoms with E-state index in [0.717, 1.165) is 10.7 Å². The summed E-state index contributed by atoms with van der Waals surface area (Å²) in [6.07, 6.45) is 2.06. The lowest BCUT2D eigenvalue weighted by Crippen LogP contribution is -1.79. The molecule has 0 atom stereocenters. The van der Waals surface area contributed by atoms with Crippen molar-refractivity contribution in [3.05, 3.63) is 23.8 Å². The lowest BCUT2D eigenvalue weighted by Gasteiger charge is -2.01. The Morgan fingerprint density at radius 1 is 1.43 bits per heavy atom. The average Bonchev–Trinajstić information content (AvgIpc) is 2.56. The van der Waals surface area contributed by atoms with Gasteiger partial charge in [-0.1, -0.05) is 27.3 Å². The predicted octanol–water partition coefficient (Wildman–Crippen LogP) is 4.22. The average molecular weight is 289 g/mol. The molecule has 0 bridgehead atoms. The highest BCUT2D eigenvalue weighted by atomic mass is 79.9. The highest BCUT2D eigenvalue weighted by Gasteiger charge is 2.07. The Hall–Kier alpha value is -0.190. The van der Waals surface area contributed by atoms with Crippen LogP contribution in [0.3, 0.4) is 0 Å². The molecule has 0 aliphatic rings. The summed E-state index contributed by atoms with van der Waals surface area (Å²) in [4.78, 5) is 1.24. The van der Waals surface area contributed by atoms with Crippen LogP contribution in [-0.2, 0) is 5.33 Å². The van der Waals surface area contributed by atoms with Gasteiger partial charge in [-0.15, -0.1) is 11.8 Å². The van der Waals surface area contributed by atoms with Crippen LogP contribution in [0, 0.1) is 0 Å². The molecule has 1 heterocycles. The van der Waals surface area contributed by atoms with Gasteiger partial charge in [0.25, 0.3) is 0 Å². The summed E-state index contributed by atoms with van der Waals surface area (Å²) >= 11 is 6.63. The highest BCUT2D eigenvalue weighted by Crippen LogP contribution is 2.36. The zero-order valence-corrected chi connectivity index (χ0v) is 10.8. The molecular weight excluding hydrogens is 280 g/mol. The molecule has 1 aromatic heterocycles. The minimum atomic E-state index is 0.389. The lowest BCUT2D eigenvalue weighted by atomic mass is 10.2. The van der Waals surface area contributed by atoms with Crippen LogP contribution in [0.15, 0.2) is 23.1 Å². The third kappa shape index (κ3) is 1.78. The summed E-state index contributed by atoms with van der Waals surface area (Å²) in [6.45, 7) is 0. The zero-order valence-electron chi connectivity index (χ0n) is 7.58. The van der Waals surface area contributed by atoms with E-state index in [4.69, 9.17) is 0 Å². The van der Waals surface area contributed by atoms with Crippen LogP contribution >= 0.6 is 39.0 Å². The topological polar surface area (TPSA) is 20.2 Å². The molecule has 0 unspecified atom stereocenters. The Balaban J connectivity index is 2.72. The summed E-state index contributed by atoms with van der Waals surface area (Å²) in [5.74, 6) is 0. The Bertz CT molecular complexity index is 464. The molecule has 0 amide bonds. The van der Waals surface area contributed by atoms with Gasteiger partial charge in [0.2, 0.25) is 0 Å². The van der Waals surface area contributed by atoms with Gasteiger partial charge in [-0.3, -0.25) is 0 Å². The number of thiophene rings is 1. The van der Waals surface area contributed by atoms with Gasteiger partial charge in [0.1, 0.15) is 0 Å². The first-order valence-corrected chi connectivity index (χ1v) is 7.26. The van der Waals surface area contributed by atoms with Crippen molar-refractivity contribution in [2.24, 2.45) is 0 Å². The molecule has 0 aliphatic carbocycles. The molecule has 1 aromatic carbocycles. The van der Waals surface area contributed by atoms with Gasteiger partial charge in [-0.25, -0.2) is 0 Å². The molecule has 1 nitrogen and oxygen atoms in total. The van der Waals surface area contributed by atoms with Crippen LogP contribution in [-0.4, -0.2) is 11.4 Å². The standard InChI is InChI=1S/C10H9BrOS2/c1-13-8-2-6-4-9(12)14-10(6)7(3-8)5-11/h2-4,12H,5H2,1H3. The van der Waals surface area contributed by atoms with Gasteiger partial charge >= 0.3 is 0 Å². The van der Waals surface area contributed by atoms with Gasteiger partial charge in [-0.2, -0.15) is 0 Å². The van der Waals surface area contributed by atoms with E-state index in [2.05, 4.69) is 34.3 Å². The Morgan fingerprint density at radius 3 is 2.86 bits per heavy atom. The Morgan fingerprint density at radius 2 is 2.21 bits per heavy atom. The summed E-state index contributed by atoms with van der Waals surface area (Å²) in [7, 11) is 0. The number of thioether (sulfide) groups is 1. The number of fused-ring (bicyclic) bond motifs is 1. The van der Waals surface area contributed by atoms with Crippen molar-refractivity contribution in [1.82, 2.24) is 0 Å². The molecule has 0 fully saturated rings. The molecule has 0 saturated carbocycles. The van der Waals surface area contributed by atoms with Gasteiger partial charge in [-0.05, 0) is 35.4 Å². The predicted molar refractivity (Wildman–Crippen MR) is 67.9 cm³/mol. The number of benzene rings is 1. The largest absolute Gasteiger partial charge is 0.499 e. The minimum absolute atomic E-state index is 0.389. The van der Waals surface area contributed by atoms with Crippen molar-refractivity contribution < 1.29 is 5.11 Å². The Labute approximate surface area is 99.3 Å².